The van der Waals surface area contributed by atoms with Crippen LogP contribution in [-0.4, -0.2) is 46.1 Å². The lowest BCUT2D eigenvalue weighted by Gasteiger charge is -2.16. The Morgan fingerprint density at radius 1 is 1.18 bits per heavy atom. The van der Waals surface area contributed by atoms with Gasteiger partial charge in [0, 0.05) is 43.9 Å². The minimum atomic E-state index is -0.212. The van der Waals surface area contributed by atoms with Gasteiger partial charge in [-0.15, -0.1) is 10.2 Å². The molecule has 8 heteroatoms. The van der Waals surface area contributed by atoms with Crippen molar-refractivity contribution in [1.29, 1.82) is 0 Å². The van der Waals surface area contributed by atoms with Crippen molar-refractivity contribution in [3.8, 4) is 5.75 Å². The number of nitrogens with one attached hydrogen (secondary N) is 1. The Balaban J connectivity index is 1.26. The number of anilines is 1. The number of amides is 2. The summed E-state index contributed by atoms with van der Waals surface area (Å²) in [6.07, 6.45) is 3.92. The molecule has 8 nitrogen and oxygen atoms in total. The first-order chi connectivity index (χ1) is 13.7. The van der Waals surface area contributed by atoms with E-state index in [1.807, 2.05) is 40.9 Å². The topological polar surface area (TPSA) is 88.8 Å². The highest BCUT2D eigenvalue weighted by molar-refractivity contribution is 5.95. The van der Waals surface area contributed by atoms with E-state index in [1.54, 1.807) is 17.0 Å². The molecule has 28 heavy (non-hydrogen) atoms. The Morgan fingerprint density at radius 3 is 2.96 bits per heavy atom. The van der Waals surface area contributed by atoms with Crippen molar-refractivity contribution in [2.45, 2.75) is 19.3 Å². The van der Waals surface area contributed by atoms with Gasteiger partial charge in [0.1, 0.15) is 11.6 Å². The van der Waals surface area contributed by atoms with Crippen LogP contribution in [-0.2, 0) is 16.0 Å². The molecule has 0 aliphatic carbocycles. The molecule has 1 aliphatic heterocycles. The molecule has 1 N–H and O–H groups in total. The van der Waals surface area contributed by atoms with Crippen LogP contribution in [0.15, 0.2) is 48.7 Å². The lowest BCUT2D eigenvalue weighted by molar-refractivity contribution is -0.123. The van der Waals surface area contributed by atoms with Crippen molar-refractivity contribution >= 4 is 23.1 Å². The highest BCUT2D eigenvalue weighted by Crippen LogP contribution is 2.25. The molecule has 0 atom stereocenters. The third-order valence-corrected chi connectivity index (χ3v) is 4.63. The molecule has 0 spiro atoms. The van der Waals surface area contributed by atoms with Gasteiger partial charge < -0.3 is 15.0 Å². The normalized spacial score (nSPS) is 13.9. The highest BCUT2D eigenvalue weighted by atomic mass is 16.5. The summed E-state index contributed by atoms with van der Waals surface area (Å²) in [5, 5.41) is 11.0. The molecule has 3 aromatic rings. The molecule has 0 radical (unpaired) electrons. The van der Waals surface area contributed by atoms with E-state index in [-0.39, 0.29) is 18.4 Å². The standard InChI is InChI=1S/C20H21N5O3/c26-19(21-10-9-18-23-22-17-7-1-2-11-25(17)18)14-28-16-6-3-5-15(13-16)24-12-4-8-20(24)27/h1-3,5-7,11,13H,4,8-10,12,14H2,(H,21,26). The van der Waals surface area contributed by atoms with Crippen molar-refractivity contribution in [3.05, 3.63) is 54.5 Å². The van der Waals surface area contributed by atoms with Crippen LogP contribution < -0.4 is 15.0 Å². The predicted molar refractivity (Wildman–Crippen MR) is 103 cm³/mol. The first-order valence-electron chi connectivity index (χ1n) is 9.29. The number of hydrogen-bond acceptors (Lipinski definition) is 5. The summed E-state index contributed by atoms with van der Waals surface area (Å²) in [5.41, 5.74) is 1.59. The van der Waals surface area contributed by atoms with Crippen molar-refractivity contribution in [2.24, 2.45) is 0 Å². The van der Waals surface area contributed by atoms with Gasteiger partial charge in [0.2, 0.25) is 5.91 Å². The van der Waals surface area contributed by atoms with Gasteiger partial charge in [-0.1, -0.05) is 12.1 Å². The van der Waals surface area contributed by atoms with Crippen molar-refractivity contribution < 1.29 is 14.3 Å². The molecule has 144 valence electrons. The number of pyridine rings is 1. The first-order valence-corrected chi connectivity index (χ1v) is 9.29. The molecule has 0 bridgehead atoms. The molecule has 2 aromatic heterocycles. The molecule has 1 aromatic carbocycles. The lowest BCUT2D eigenvalue weighted by atomic mass is 10.3. The minimum Gasteiger partial charge on any atom is -0.484 e. The third-order valence-electron chi connectivity index (χ3n) is 4.63. The van der Waals surface area contributed by atoms with E-state index in [0.717, 1.165) is 30.1 Å². The Morgan fingerprint density at radius 2 is 2.11 bits per heavy atom. The van der Waals surface area contributed by atoms with E-state index in [2.05, 4.69) is 15.5 Å². The number of hydrogen-bond donors (Lipinski definition) is 1. The maximum atomic E-state index is 12.1. The third kappa shape index (κ3) is 3.95. The second-order valence-electron chi connectivity index (χ2n) is 6.58. The predicted octanol–water partition coefficient (Wildman–Crippen LogP) is 1.59. The quantitative estimate of drug-likeness (QED) is 0.674. The van der Waals surface area contributed by atoms with Gasteiger partial charge in [-0.05, 0) is 30.7 Å². The van der Waals surface area contributed by atoms with Crippen molar-refractivity contribution in [1.82, 2.24) is 19.9 Å². The Kier molecular flexibility index (Phi) is 5.18. The van der Waals surface area contributed by atoms with Crippen LogP contribution in [0, 0.1) is 0 Å². The second-order valence-corrected chi connectivity index (χ2v) is 6.58. The second kappa shape index (κ2) is 8.08. The molecule has 1 fully saturated rings. The van der Waals surface area contributed by atoms with Crippen LogP contribution in [0.1, 0.15) is 18.7 Å². The number of ether oxygens (including phenoxy) is 1. The SMILES string of the molecule is O=C(COc1cccc(N2CCCC2=O)c1)NCCc1nnc2ccccn12. The molecule has 1 aliphatic rings. The average molecular weight is 379 g/mol. The zero-order chi connectivity index (χ0) is 19.3. The minimum absolute atomic E-state index is 0.0853. The summed E-state index contributed by atoms with van der Waals surface area (Å²) < 4.78 is 7.47. The summed E-state index contributed by atoms with van der Waals surface area (Å²) in [4.78, 5) is 25.7. The van der Waals surface area contributed by atoms with Crippen molar-refractivity contribution in [2.75, 3.05) is 24.6 Å². The van der Waals surface area contributed by atoms with Crippen LogP contribution in [0.5, 0.6) is 5.75 Å². The van der Waals surface area contributed by atoms with Crippen LogP contribution >= 0.6 is 0 Å². The number of rotatable bonds is 7. The summed E-state index contributed by atoms with van der Waals surface area (Å²) >= 11 is 0. The Hall–Kier alpha value is -3.42. The zero-order valence-electron chi connectivity index (χ0n) is 15.4. The summed E-state index contributed by atoms with van der Waals surface area (Å²) in [5.74, 6) is 1.27. The summed E-state index contributed by atoms with van der Waals surface area (Å²) in [6.45, 7) is 1.08. The number of fused-ring (bicyclic) bond motifs is 1. The van der Waals surface area contributed by atoms with Crippen LogP contribution in [0.25, 0.3) is 5.65 Å². The van der Waals surface area contributed by atoms with Gasteiger partial charge in [-0.25, -0.2) is 0 Å². The van der Waals surface area contributed by atoms with E-state index < -0.39 is 0 Å². The lowest BCUT2D eigenvalue weighted by Crippen LogP contribution is -2.31. The number of benzene rings is 1. The van der Waals surface area contributed by atoms with Gasteiger partial charge in [0.25, 0.3) is 5.91 Å². The number of carbonyl (C=O) groups excluding carboxylic acids is 2. The molecule has 0 unspecified atom stereocenters. The molecular formula is C20H21N5O3. The fraction of sp³-hybridized carbons (Fsp3) is 0.300. The summed E-state index contributed by atoms with van der Waals surface area (Å²) in [6, 6.07) is 13.0. The van der Waals surface area contributed by atoms with Gasteiger partial charge in [-0.2, -0.15) is 0 Å². The van der Waals surface area contributed by atoms with Crippen LogP contribution in [0.4, 0.5) is 5.69 Å². The first kappa shape index (κ1) is 18.0. The fourth-order valence-corrected chi connectivity index (χ4v) is 3.24. The smallest absolute Gasteiger partial charge is 0.257 e. The molecule has 2 amide bonds. The molecule has 1 saturated heterocycles. The largest absolute Gasteiger partial charge is 0.484 e. The van der Waals surface area contributed by atoms with Gasteiger partial charge in [-0.3, -0.25) is 14.0 Å². The van der Waals surface area contributed by atoms with Gasteiger partial charge >= 0.3 is 0 Å². The molecule has 0 saturated carbocycles. The van der Waals surface area contributed by atoms with Crippen LogP contribution in [0.2, 0.25) is 0 Å². The molecular weight excluding hydrogens is 358 g/mol. The highest BCUT2D eigenvalue weighted by Gasteiger charge is 2.21. The number of carbonyl (C=O) groups is 2. The van der Waals surface area contributed by atoms with Crippen LogP contribution in [0.3, 0.4) is 0 Å². The Labute approximate surface area is 162 Å². The van der Waals surface area contributed by atoms with E-state index in [9.17, 15) is 9.59 Å². The van der Waals surface area contributed by atoms with E-state index >= 15 is 0 Å². The van der Waals surface area contributed by atoms with Crippen molar-refractivity contribution in [3.63, 3.8) is 0 Å². The zero-order valence-corrected chi connectivity index (χ0v) is 15.4. The van der Waals surface area contributed by atoms with E-state index in [1.165, 1.54) is 0 Å². The fourth-order valence-electron chi connectivity index (χ4n) is 3.24. The van der Waals surface area contributed by atoms with E-state index in [4.69, 9.17) is 4.74 Å². The summed E-state index contributed by atoms with van der Waals surface area (Å²) in [7, 11) is 0. The maximum Gasteiger partial charge on any atom is 0.257 e. The van der Waals surface area contributed by atoms with E-state index in [0.29, 0.717) is 25.1 Å². The number of aromatic nitrogens is 3. The Bertz CT molecular complexity index is 1000. The van der Waals surface area contributed by atoms with Gasteiger partial charge in [0.15, 0.2) is 12.3 Å². The van der Waals surface area contributed by atoms with Gasteiger partial charge in [0.05, 0.1) is 0 Å². The maximum absolute atomic E-state index is 12.1. The molecule has 4 rings (SSSR count). The monoisotopic (exact) mass is 379 g/mol. The molecule has 3 heterocycles. The number of nitrogens with zero attached hydrogens (tertiary/aromatic N) is 4. The average Bonchev–Trinajstić information content (AvgIpc) is 3.33.